The van der Waals surface area contributed by atoms with Gasteiger partial charge < -0.3 is 10.5 Å². The molecule has 4 rings (SSSR count). The maximum absolute atomic E-state index is 12.8. The highest BCUT2D eigenvalue weighted by Crippen LogP contribution is 2.20. The predicted octanol–water partition coefficient (Wildman–Crippen LogP) is 3.53. The minimum absolute atomic E-state index is 0.219. The number of amides is 1. The van der Waals surface area contributed by atoms with Crippen molar-refractivity contribution in [3.63, 3.8) is 0 Å². The normalized spacial score (nSPS) is 11.0. The fraction of sp³-hybridized carbons (Fsp3) is 0.167. The Morgan fingerprint density at radius 3 is 2.78 bits per heavy atom. The standard InChI is InChI=1S/C24H22ClN5O2/c1-14-7-23(26)30(32)15(2)21(14)13-29-24(31)17-5-6-27-20(11-17)9-16-3-4-22-18(8-16)10-19(25)12-28-22/h3-8,10-12,26,32H,9,13H2,1-2H3,(H,29,31)/p+1. The van der Waals surface area contributed by atoms with Crippen LogP contribution < -0.4 is 15.8 Å². The lowest BCUT2D eigenvalue weighted by Gasteiger charge is -2.11. The van der Waals surface area contributed by atoms with Crippen LogP contribution in [0.1, 0.15) is 38.4 Å². The molecule has 7 nitrogen and oxygen atoms in total. The molecule has 0 aliphatic rings. The summed E-state index contributed by atoms with van der Waals surface area (Å²) in [5.41, 5.74) is 11.3. The first-order chi connectivity index (χ1) is 15.3. The average Bonchev–Trinajstić information content (AvgIpc) is 2.77. The lowest BCUT2D eigenvalue weighted by molar-refractivity contribution is -0.897. The fourth-order valence-corrected chi connectivity index (χ4v) is 3.87. The highest BCUT2D eigenvalue weighted by atomic mass is 35.5. The SMILES string of the molecule is Cc1cc(N)[n+](O)c(C)c1CNC(=O)c1ccnc(Cc2ccc3ncc(Cl)cc3c2)c1. The number of nitrogens with one attached hydrogen (secondary N) is 1. The number of carbonyl (C=O) groups excluding carboxylic acids is 1. The molecule has 32 heavy (non-hydrogen) atoms. The van der Waals surface area contributed by atoms with E-state index in [-0.39, 0.29) is 18.3 Å². The van der Waals surface area contributed by atoms with Gasteiger partial charge in [0.2, 0.25) is 0 Å². The molecule has 1 amide bonds. The highest BCUT2D eigenvalue weighted by Gasteiger charge is 2.16. The van der Waals surface area contributed by atoms with E-state index < -0.39 is 0 Å². The van der Waals surface area contributed by atoms with E-state index in [9.17, 15) is 10.0 Å². The van der Waals surface area contributed by atoms with Gasteiger partial charge in [-0.15, -0.1) is 0 Å². The molecule has 0 aliphatic carbocycles. The number of hydrogen-bond acceptors (Lipinski definition) is 5. The van der Waals surface area contributed by atoms with E-state index in [0.29, 0.717) is 22.7 Å². The Morgan fingerprint density at radius 1 is 1.16 bits per heavy atom. The number of nitrogens with two attached hydrogens (primary N) is 1. The second-order valence-electron chi connectivity index (χ2n) is 7.70. The van der Waals surface area contributed by atoms with E-state index >= 15 is 0 Å². The van der Waals surface area contributed by atoms with E-state index in [1.807, 2.05) is 31.2 Å². The first kappa shape index (κ1) is 21.5. The summed E-state index contributed by atoms with van der Waals surface area (Å²) in [7, 11) is 0. The number of benzene rings is 1. The third-order valence-corrected chi connectivity index (χ3v) is 5.65. The second-order valence-corrected chi connectivity index (χ2v) is 8.14. The monoisotopic (exact) mass is 448 g/mol. The third kappa shape index (κ3) is 4.48. The smallest absolute Gasteiger partial charge is 0.312 e. The van der Waals surface area contributed by atoms with E-state index in [4.69, 9.17) is 17.3 Å². The van der Waals surface area contributed by atoms with Crippen LogP contribution in [0.15, 0.2) is 54.9 Å². The lowest BCUT2D eigenvalue weighted by Crippen LogP contribution is -2.39. The van der Waals surface area contributed by atoms with Crippen LogP contribution >= 0.6 is 11.6 Å². The number of nitrogens with zero attached hydrogens (tertiary/aromatic N) is 3. The van der Waals surface area contributed by atoms with Gasteiger partial charge in [0.25, 0.3) is 5.91 Å². The van der Waals surface area contributed by atoms with Crippen molar-refractivity contribution in [1.82, 2.24) is 15.3 Å². The zero-order valence-electron chi connectivity index (χ0n) is 17.8. The van der Waals surface area contributed by atoms with Crippen LogP contribution in [0.25, 0.3) is 10.9 Å². The number of hydrogen-bond donors (Lipinski definition) is 3. The molecule has 1 aromatic carbocycles. The maximum Gasteiger partial charge on any atom is 0.312 e. The number of carbonyl (C=O) groups is 1. The third-order valence-electron chi connectivity index (χ3n) is 5.44. The number of rotatable bonds is 5. The first-order valence-electron chi connectivity index (χ1n) is 10.1. The van der Waals surface area contributed by atoms with Crippen LogP contribution in [0.3, 0.4) is 0 Å². The quantitative estimate of drug-likeness (QED) is 0.320. The molecule has 0 saturated heterocycles. The molecule has 0 bridgehead atoms. The minimum Gasteiger partial charge on any atom is -0.349 e. The Hall–Kier alpha value is -3.71. The van der Waals surface area contributed by atoms with Gasteiger partial charge in [-0.3, -0.25) is 20.5 Å². The van der Waals surface area contributed by atoms with Crippen molar-refractivity contribution in [3.8, 4) is 0 Å². The Balaban J connectivity index is 1.49. The van der Waals surface area contributed by atoms with Crippen LogP contribution in [0, 0.1) is 13.8 Å². The predicted molar refractivity (Wildman–Crippen MR) is 123 cm³/mol. The van der Waals surface area contributed by atoms with Crippen LogP contribution in [0.5, 0.6) is 0 Å². The number of pyridine rings is 3. The Morgan fingerprint density at radius 2 is 1.97 bits per heavy atom. The van der Waals surface area contributed by atoms with Crippen LogP contribution in [0.4, 0.5) is 5.82 Å². The van der Waals surface area contributed by atoms with Crippen LogP contribution in [0.2, 0.25) is 5.02 Å². The van der Waals surface area contributed by atoms with Gasteiger partial charge in [-0.1, -0.05) is 17.7 Å². The molecular weight excluding hydrogens is 426 g/mol. The molecule has 0 aliphatic heterocycles. The first-order valence-corrected chi connectivity index (χ1v) is 10.5. The van der Waals surface area contributed by atoms with Crippen molar-refractivity contribution in [2.24, 2.45) is 0 Å². The summed E-state index contributed by atoms with van der Waals surface area (Å²) in [6.45, 7) is 3.91. The zero-order valence-corrected chi connectivity index (χ0v) is 18.5. The Bertz CT molecular complexity index is 1340. The van der Waals surface area contributed by atoms with Crippen molar-refractivity contribution in [2.45, 2.75) is 26.8 Å². The van der Waals surface area contributed by atoms with E-state index in [0.717, 1.165) is 38.0 Å². The summed E-state index contributed by atoms with van der Waals surface area (Å²) in [4.78, 5) is 21.5. The summed E-state index contributed by atoms with van der Waals surface area (Å²) >= 11 is 6.06. The fourth-order valence-electron chi connectivity index (χ4n) is 3.70. The second kappa shape index (κ2) is 8.80. The molecule has 0 fully saturated rings. The highest BCUT2D eigenvalue weighted by molar-refractivity contribution is 6.31. The van der Waals surface area contributed by atoms with Gasteiger partial charge in [0.1, 0.15) is 0 Å². The molecule has 8 heteroatoms. The summed E-state index contributed by atoms with van der Waals surface area (Å²) in [6.07, 6.45) is 3.83. The number of halogens is 1. The topological polar surface area (TPSA) is 105 Å². The summed E-state index contributed by atoms with van der Waals surface area (Å²) < 4.78 is 0.922. The number of fused-ring (bicyclic) bond motifs is 1. The van der Waals surface area contributed by atoms with Gasteiger partial charge in [0, 0.05) is 60.6 Å². The van der Waals surface area contributed by atoms with Crippen molar-refractivity contribution >= 4 is 34.2 Å². The van der Waals surface area contributed by atoms with Gasteiger partial charge >= 0.3 is 5.82 Å². The Kier molecular flexibility index (Phi) is 5.92. The van der Waals surface area contributed by atoms with E-state index in [1.165, 1.54) is 0 Å². The molecule has 0 unspecified atom stereocenters. The number of aromatic nitrogens is 3. The van der Waals surface area contributed by atoms with Crippen molar-refractivity contribution in [3.05, 3.63) is 93.5 Å². The summed E-state index contributed by atoms with van der Waals surface area (Å²) in [5, 5.41) is 14.5. The van der Waals surface area contributed by atoms with Crippen LogP contribution in [-0.2, 0) is 13.0 Å². The van der Waals surface area contributed by atoms with Gasteiger partial charge in [-0.25, -0.2) is 0 Å². The van der Waals surface area contributed by atoms with Gasteiger partial charge in [-0.05, 0) is 53.1 Å². The minimum atomic E-state index is -0.219. The van der Waals surface area contributed by atoms with Crippen molar-refractivity contribution in [1.29, 1.82) is 0 Å². The number of aryl methyl sites for hydroxylation is 1. The summed E-state index contributed by atoms with van der Waals surface area (Å²) in [5.74, 6) is 0.0313. The molecule has 3 aromatic heterocycles. The molecule has 0 atom stereocenters. The molecule has 4 aromatic rings. The molecule has 3 heterocycles. The zero-order chi connectivity index (χ0) is 22.8. The van der Waals surface area contributed by atoms with E-state index in [2.05, 4.69) is 15.3 Å². The lowest BCUT2D eigenvalue weighted by atomic mass is 10.0. The van der Waals surface area contributed by atoms with Gasteiger partial charge in [-0.2, -0.15) is 0 Å². The number of nitrogen functional groups attached to an aromatic ring is 1. The molecule has 0 radical (unpaired) electrons. The number of anilines is 1. The average molecular weight is 449 g/mol. The van der Waals surface area contributed by atoms with Gasteiger partial charge in [0.05, 0.1) is 10.5 Å². The molecule has 4 N–H and O–H groups in total. The largest absolute Gasteiger partial charge is 0.349 e. The molecule has 0 saturated carbocycles. The Labute approximate surface area is 190 Å². The van der Waals surface area contributed by atoms with E-state index in [1.54, 1.807) is 37.5 Å². The van der Waals surface area contributed by atoms with Crippen LogP contribution in [-0.4, -0.2) is 21.1 Å². The van der Waals surface area contributed by atoms with Crippen molar-refractivity contribution in [2.75, 3.05) is 5.73 Å². The molecule has 0 spiro atoms. The molecule has 162 valence electrons. The summed E-state index contributed by atoms with van der Waals surface area (Å²) in [6, 6.07) is 13.0. The molecular formula is C24H23ClN5O2+. The van der Waals surface area contributed by atoms with Gasteiger partial charge in [0.15, 0.2) is 5.69 Å². The van der Waals surface area contributed by atoms with Crippen molar-refractivity contribution < 1.29 is 14.7 Å². The maximum atomic E-state index is 12.8.